The summed E-state index contributed by atoms with van der Waals surface area (Å²) in [5.41, 5.74) is 0.631. The van der Waals surface area contributed by atoms with Crippen LogP contribution in [0.5, 0.6) is 0 Å². The van der Waals surface area contributed by atoms with Gasteiger partial charge in [0.1, 0.15) is 0 Å². The van der Waals surface area contributed by atoms with E-state index in [-0.39, 0.29) is 19.5 Å². The third-order valence-electron chi connectivity index (χ3n) is 4.15. The van der Waals surface area contributed by atoms with Gasteiger partial charge in [0.05, 0.1) is 11.1 Å². The quantitative estimate of drug-likeness (QED) is 0.268. The standard InChI is InChI=1S/2C11H7BrO2.Zn/c2*12-10-3-1-2-7-6-8(11(13)14)4-5-9(7)10;/h2*1-6H,(H,13,14);. The third kappa shape index (κ3) is 5.50. The third-order valence-corrected chi connectivity index (χ3v) is 5.53. The summed E-state index contributed by atoms with van der Waals surface area (Å²) in [6.45, 7) is 0. The number of aromatic carboxylic acids is 2. The first-order valence-corrected chi connectivity index (χ1v) is 9.78. The molecular weight excluding hydrogens is 553 g/mol. The molecule has 0 amide bonds. The zero-order chi connectivity index (χ0) is 20.3. The van der Waals surface area contributed by atoms with Gasteiger partial charge in [-0.1, -0.05) is 68.3 Å². The maximum Gasteiger partial charge on any atom is 0.335 e. The van der Waals surface area contributed by atoms with E-state index < -0.39 is 11.9 Å². The van der Waals surface area contributed by atoms with E-state index in [4.69, 9.17) is 10.2 Å². The van der Waals surface area contributed by atoms with E-state index in [0.717, 1.165) is 30.5 Å². The van der Waals surface area contributed by atoms with Crippen LogP contribution >= 0.6 is 31.9 Å². The Morgan fingerprint density at radius 1 is 0.621 bits per heavy atom. The van der Waals surface area contributed by atoms with Gasteiger partial charge in [-0.05, 0) is 57.9 Å². The SMILES string of the molecule is O=C(O)c1ccc2c(Br)cccc2c1.O=C(O)c1ccc2c(Br)cccc2c1.[Zn]. The van der Waals surface area contributed by atoms with Crippen LogP contribution in [0.3, 0.4) is 0 Å². The number of hydrogen-bond acceptors (Lipinski definition) is 2. The zero-order valence-electron chi connectivity index (χ0n) is 15.1. The van der Waals surface area contributed by atoms with Gasteiger partial charge in [-0.15, -0.1) is 0 Å². The molecular formula is C22H14Br2O4Zn. The van der Waals surface area contributed by atoms with Gasteiger partial charge in [0.2, 0.25) is 0 Å². The molecule has 0 saturated carbocycles. The van der Waals surface area contributed by atoms with E-state index in [1.807, 2.05) is 48.5 Å². The molecule has 2 N–H and O–H groups in total. The summed E-state index contributed by atoms with van der Waals surface area (Å²) in [4.78, 5) is 21.4. The van der Waals surface area contributed by atoms with Crippen molar-refractivity contribution in [3.8, 4) is 0 Å². The molecule has 4 aromatic rings. The maximum absolute atomic E-state index is 10.7. The van der Waals surface area contributed by atoms with Gasteiger partial charge in [0, 0.05) is 28.4 Å². The molecule has 0 spiro atoms. The van der Waals surface area contributed by atoms with Gasteiger partial charge in [-0.2, -0.15) is 0 Å². The summed E-state index contributed by atoms with van der Waals surface area (Å²) in [5.74, 6) is -1.79. The van der Waals surface area contributed by atoms with Crippen LogP contribution in [0.4, 0.5) is 0 Å². The molecule has 29 heavy (non-hydrogen) atoms. The Bertz CT molecular complexity index is 1110. The van der Waals surface area contributed by atoms with E-state index in [1.54, 1.807) is 24.3 Å². The number of carboxylic acid groups (broad SMARTS) is 2. The summed E-state index contributed by atoms with van der Waals surface area (Å²) in [5, 5.41) is 21.5. The first kappa shape index (κ1) is 23.2. The second-order valence-electron chi connectivity index (χ2n) is 5.96. The molecule has 0 heterocycles. The van der Waals surface area contributed by atoms with Crippen molar-refractivity contribution >= 4 is 65.3 Å². The fraction of sp³-hybridized carbons (Fsp3) is 0. The minimum atomic E-state index is -0.896. The van der Waals surface area contributed by atoms with Crippen LogP contribution in [0, 0.1) is 0 Å². The number of benzene rings is 4. The number of carboxylic acids is 2. The average Bonchev–Trinajstić information content (AvgIpc) is 2.68. The molecule has 4 aromatic carbocycles. The van der Waals surface area contributed by atoms with Gasteiger partial charge in [-0.3, -0.25) is 0 Å². The van der Waals surface area contributed by atoms with E-state index in [0.29, 0.717) is 11.1 Å². The predicted octanol–water partition coefficient (Wildman–Crippen LogP) is 6.60. The first-order valence-electron chi connectivity index (χ1n) is 8.20. The van der Waals surface area contributed by atoms with E-state index >= 15 is 0 Å². The van der Waals surface area contributed by atoms with Crippen molar-refractivity contribution < 1.29 is 39.3 Å². The summed E-state index contributed by atoms with van der Waals surface area (Å²) in [7, 11) is 0. The van der Waals surface area contributed by atoms with Crippen molar-refractivity contribution in [3.63, 3.8) is 0 Å². The molecule has 0 aromatic heterocycles. The van der Waals surface area contributed by atoms with Crippen molar-refractivity contribution in [2.45, 2.75) is 0 Å². The fourth-order valence-corrected chi connectivity index (χ4v) is 3.78. The molecule has 0 atom stereocenters. The van der Waals surface area contributed by atoms with Crippen LogP contribution in [0.1, 0.15) is 20.7 Å². The zero-order valence-corrected chi connectivity index (χ0v) is 21.2. The molecule has 0 bridgehead atoms. The Hall–Kier alpha value is -2.08. The Balaban J connectivity index is 0.000000200. The van der Waals surface area contributed by atoms with Gasteiger partial charge in [0.15, 0.2) is 0 Å². The minimum Gasteiger partial charge on any atom is -0.478 e. The number of rotatable bonds is 2. The van der Waals surface area contributed by atoms with Gasteiger partial charge >= 0.3 is 11.9 Å². The van der Waals surface area contributed by atoms with Crippen LogP contribution in [0.2, 0.25) is 0 Å². The maximum atomic E-state index is 10.7. The number of halogens is 2. The summed E-state index contributed by atoms with van der Waals surface area (Å²) < 4.78 is 1.96. The smallest absolute Gasteiger partial charge is 0.335 e. The predicted molar refractivity (Wildman–Crippen MR) is 117 cm³/mol. The number of carbonyl (C=O) groups is 2. The van der Waals surface area contributed by atoms with Crippen LogP contribution in [0.15, 0.2) is 81.7 Å². The fourth-order valence-electron chi connectivity index (χ4n) is 2.75. The number of fused-ring (bicyclic) bond motifs is 2. The molecule has 4 nitrogen and oxygen atoms in total. The second kappa shape index (κ2) is 10.1. The average molecular weight is 568 g/mol. The van der Waals surface area contributed by atoms with Gasteiger partial charge < -0.3 is 10.2 Å². The molecule has 0 fully saturated rings. The Kier molecular flexibility index (Phi) is 8.08. The van der Waals surface area contributed by atoms with Crippen molar-refractivity contribution in [3.05, 3.63) is 92.9 Å². The van der Waals surface area contributed by atoms with Crippen molar-refractivity contribution in [1.29, 1.82) is 0 Å². The monoisotopic (exact) mass is 564 g/mol. The second-order valence-corrected chi connectivity index (χ2v) is 7.67. The molecule has 142 valence electrons. The summed E-state index contributed by atoms with van der Waals surface area (Å²) in [6.07, 6.45) is 0. The first-order chi connectivity index (χ1) is 13.4. The molecule has 0 saturated heterocycles. The Labute approximate surface area is 196 Å². The Morgan fingerprint density at radius 2 is 1.00 bits per heavy atom. The molecule has 0 aliphatic carbocycles. The summed E-state index contributed by atoms with van der Waals surface area (Å²) >= 11 is 6.82. The normalized spacial score (nSPS) is 10.0. The van der Waals surface area contributed by atoms with Crippen molar-refractivity contribution in [2.24, 2.45) is 0 Å². The van der Waals surface area contributed by atoms with Gasteiger partial charge in [-0.25, -0.2) is 9.59 Å². The summed E-state index contributed by atoms with van der Waals surface area (Å²) in [6, 6.07) is 21.6. The largest absolute Gasteiger partial charge is 0.478 e. The van der Waals surface area contributed by atoms with Crippen LogP contribution in [-0.2, 0) is 19.5 Å². The van der Waals surface area contributed by atoms with Crippen molar-refractivity contribution in [2.75, 3.05) is 0 Å². The molecule has 0 unspecified atom stereocenters. The molecule has 0 aliphatic rings. The molecule has 7 heteroatoms. The minimum absolute atomic E-state index is 0. The van der Waals surface area contributed by atoms with E-state index in [1.165, 1.54) is 0 Å². The van der Waals surface area contributed by atoms with Gasteiger partial charge in [0.25, 0.3) is 0 Å². The van der Waals surface area contributed by atoms with Crippen LogP contribution < -0.4 is 0 Å². The van der Waals surface area contributed by atoms with Crippen LogP contribution in [-0.4, -0.2) is 22.2 Å². The topological polar surface area (TPSA) is 74.6 Å². The van der Waals surface area contributed by atoms with Crippen LogP contribution in [0.25, 0.3) is 21.5 Å². The molecule has 0 aliphatic heterocycles. The van der Waals surface area contributed by atoms with E-state index in [9.17, 15) is 9.59 Å². The van der Waals surface area contributed by atoms with E-state index in [2.05, 4.69) is 31.9 Å². The number of hydrogen-bond donors (Lipinski definition) is 2. The molecule has 0 radical (unpaired) electrons. The van der Waals surface area contributed by atoms with Crippen molar-refractivity contribution in [1.82, 2.24) is 0 Å². The molecule has 4 rings (SSSR count). The Morgan fingerprint density at radius 3 is 1.34 bits per heavy atom.